The summed E-state index contributed by atoms with van der Waals surface area (Å²) in [6.45, 7) is 2.98. The predicted molar refractivity (Wildman–Crippen MR) is 102 cm³/mol. The molecule has 1 fully saturated rings. The maximum atomic E-state index is 13.0. The van der Waals surface area contributed by atoms with Crippen molar-refractivity contribution in [2.24, 2.45) is 0 Å². The second-order valence-corrected chi connectivity index (χ2v) is 7.50. The minimum Gasteiger partial charge on any atom is -0.368 e. The van der Waals surface area contributed by atoms with Gasteiger partial charge in [0.05, 0.1) is 0 Å². The highest BCUT2D eigenvalue weighted by Crippen LogP contribution is 2.22. The smallest absolute Gasteiger partial charge is 0.223 e. The third kappa shape index (κ3) is 5.13. The normalized spacial score (nSPS) is 14.6. The van der Waals surface area contributed by atoms with Crippen LogP contribution in [-0.2, 0) is 4.79 Å². The molecule has 0 aliphatic carbocycles. The van der Waals surface area contributed by atoms with Crippen molar-refractivity contribution >= 4 is 35.0 Å². The monoisotopic (exact) mass is 378 g/mol. The molecule has 132 valence electrons. The van der Waals surface area contributed by atoms with Crippen LogP contribution in [0.3, 0.4) is 0 Å². The van der Waals surface area contributed by atoms with Gasteiger partial charge in [-0.3, -0.25) is 4.79 Å². The van der Waals surface area contributed by atoms with E-state index in [0.717, 1.165) is 34.4 Å². The highest BCUT2D eigenvalue weighted by Gasteiger charge is 2.21. The number of carbonyl (C=O) groups is 1. The largest absolute Gasteiger partial charge is 0.368 e. The van der Waals surface area contributed by atoms with Crippen LogP contribution in [0, 0.1) is 5.82 Å². The van der Waals surface area contributed by atoms with Crippen LogP contribution in [0.1, 0.15) is 6.42 Å². The zero-order valence-electron chi connectivity index (χ0n) is 13.8. The molecular formula is C19H20ClFN2OS. The maximum absolute atomic E-state index is 13.0. The molecule has 25 heavy (non-hydrogen) atoms. The van der Waals surface area contributed by atoms with Crippen LogP contribution in [0.4, 0.5) is 10.1 Å². The minimum atomic E-state index is -0.226. The van der Waals surface area contributed by atoms with Crippen LogP contribution in [0.15, 0.2) is 53.4 Å². The van der Waals surface area contributed by atoms with Crippen molar-refractivity contribution in [1.82, 2.24) is 4.90 Å². The highest BCUT2D eigenvalue weighted by atomic mass is 35.5. The Labute approximate surface area is 156 Å². The predicted octanol–water partition coefficient (Wildman–Crippen LogP) is 4.31. The average molecular weight is 379 g/mol. The van der Waals surface area contributed by atoms with Crippen LogP contribution in [0.2, 0.25) is 5.02 Å². The van der Waals surface area contributed by atoms with Crippen molar-refractivity contribution in [3.63, 3.8) is 0 Å². The molecule has 0 aromatic heterocycles. The lowest BCUT2D eigenvalue weighted by atomic mass is 10.2. The van der Waals surface area contributed by atoms with E-state index in [4.69, 9.17) is 11.6 Å². The van der Waals surface area contributed by atoms with Gasteiger partial charge in [-0.25, -0.2) is 4.39 Å². The van der Waals surface area contributed by atoms with Crippen molar-refractivity contribution in [2.45, 2.75) is 11.3 Å². The van der Waals surface area contributed by atoms with Gasteiger partial charge in [0.25, 0.3) is 0 Å². The van der Waals surface area contributed by atoms with Gasteiger partial charge < -0.3 is 9.80 Å². The highest BCUT2D eigenvalue weighted by molar-refractivity contribution is 7.99. The third-order valence-electron chi connectivity index (χ3n) is 4.22. The number of nitrogens with zero attached hydrogens (tertiary/aromatic N) is 2. The standard InChI is InChI=1S/C19H20ClFN2OS/c20-15-1-7-18(8-2-15)25-14-9-19(24)23-12-10-22(11-13-23)17-5-3-16(21)4-6-17/h1-8H,9-14H2. The van der Waals surface area contributed by atoms with Gasteiger partial charge in [0.1, 0.15) is 5.82 Å². The SMILES string of the molecule is O=C(CCSc1ccc(Cl)cc1)N1CCN(c2ccc(F)cc2)CC1. The second kappa shape index (κ2) is 8.59. The molecule has 1 aliphatic rings. The van der Waals surface area contributed by atoms with Gasteiger partial charge in [-0.15, -0.1) is 11.8 Å². The molecule has 3 nitrogen and oxygen atoms in total. The summed E-state index contributed by atoms with van der Waals surface area (Å²) in [6, 6.07) is 14.2. The van der Waals surface area contributed by atoms with Gasteiger partial charge >= 0.3 is 0 Å². The first kappa shape index (κ1) is 18.1. The van der Waals surface area contributed by atoms with E-state index in [2.05, 4.69) is 4.90 Å². The Morgan fingerprint density at radius 2 is 1.64 bits per heavy atom. The van der Waals surface area contributed by atoms with E-state index >= 15 is 0 Å². The summed E-state index contributed by atoms with van der Waals surface area (Å²) in [5.74, 6) is 0.731. The molecule has 0 bridgehead atoms. The fourth-order valence-corrected chi connectivity index (χ4v) is 3.78. The van der Waals surface area contributed by atoms with Crippen molar-refractivity contribution in [1.29, 1.82) is 0 Å². The van der Waals surface area contributed by atoms with Gasteiger partial charge in [0.2, 0.25) is 5.91 Å². The van der Waals surface area contributed by atoms with Gasteiger partial charge in [-0.1, -0.05) is 11.6 Å². The Balaban J connectivity index is 1.42. The number of rotatable bonds is 5. The number of hydrogen-bond donors (Lipinski definition) is 0. The first-order chi connectivity index (χ1) is 12.1. The van der Waals surface area contributed by atoms with E-state index in [9.17, 15) is 9.18 Å². The molecule has 0 spiro atoms. The third-order valence-corrected chi connectivity index (χ3v) is 5.49. The second-order valence-electron chi connectivity index (χ2n) is 5.90. The van der Waals surface area contributed by atoms with Crippen molar-refractivity contribution in [3.8, 4) is 0 Å². The molecule has 1 heterocycles. The number of hydrogen-bond acceptors (Lipinski definition) is 3. The molecule has 0 N–H and O–H groups in total. The quantitative estimate of drug-likeness (QED) is 0.724. The van der Waals surface area contributed by atoms with E-state index in [1.165, 1.54) is 12.1 Å². The summed E-state index contributed by atoms with van der Waals surface area (Å²) in [5, 5.41) is 0.722. The molecule has 0 radical (unpaired) electrons. The molecule has 6 heteroatoms. The molecule has 3 rings (SSSR count). The molecular weight excluding hydrogens is 359 g/mol. The first-order valence-electron chi connectivity index (χ1n) is 8.28. The maximum Gasteiger partial charge on any atom is 0.223 e. The summed E-state index contributed by atoms with van der Waals surface area (Å²) in [7, 11) is 0. The molecule has 0 saturated carbocycles. The number of amides is 1. The molecule has 2 aromatic rings. The van der Waals surface area contributed by atoms with Crippen molar-refractivity contribution in [2.75, 3.05) is 36.8 Å². The van der Waals surface area contributed by atoms with Gasteiger partial charge in [0, 0.05) is 54.0 Å². The first-order valence-corrected chi connectivity index (χ1v) is 9.65. The minimum absolute atomic E-state index is 0.195. The molecule has 0 unspecified atom stereocenters. The lowest BCUT2D eigenvalue weighted by Crippen LogP contribution is -2.48. The molecule has 1 amide bonds. The van der Waals surface area contributed by atoms with Gasteiger partial charge in [0.15, 0.2) is 0 Å². The molecule has 1 saturated heterocycles. The Hall–Kier alpha value is -1.72. The zero-order valence-corrected chi connectivity index (χ0v) is 15.4. The van der Waals surface area contributed by atoms with E-state index in [0.29, 0.717) is 19.5 Å². The summed E-state index contributed by atoms with van der Waals surface area (Å²) in [5.41, 5.74) is 1.01. The van der Waals surface area contributed by atoms with E-state index in [1.54, 1.807) is 23.9 Å². The number of thioether (sulfide) groups is 1. The fourth-order valence-electron chi connectivity index (χ4n) is 2.81. The molecule has 2 aromatic carbocycles. The number of halogens is 2. The lowest BCUT2D eigenvalue weighted by molar-refractivity contribution is -0.131. The average Bonchev–Trinajstić information content (AvgIpc) is 2.64. The fraction of sp³-hybridized carbons (Fsp3) is 0.316. The van der Waals surface area contributed by atoms with Gasteiger partial charge in [-0.05, 0) is 48.5 Å². The summed E-state index contributed by atoms with van der Waals surface area (Å²) < 4.78 is 13.0. The molecule has 0 atom stereocenters. The van der Waals surface area contributed by atoms with Crippen LogP contribution in [0.5, 0.6) is 0 Å². The number of benzene rings is 2. The van der Waals surface area contributed by atoms with Crippen LogP contribution >= 0.6 is 23.4 Å². The number of piperazine rings is 1. The van der Waals surface area contributed by atoms with Crippen LogP contribution in [-0.4, -0.2) is 42.7 Å². The lowest BCUT2D eigenvalue weighted by Gasteiger charge is -2.36. The Bertz CT molecular complexity index is 700. The Morgan fingerprint density at radius 3 is 2.28 bits per heavy atom. The number of carbonyl (C=O) groups excluding carboxylic acids is 1. The van der Waals surface area contributed by atoms with Gasteiger partial charge in [-0.2, -0.15) is 0 Å². The summed E-state index contributed by atoms with van der Waals surface area (Å²) in [6.07, 6.45) is 0.532. The summed E-state index contributed by atoms with van der Waals surface area (Å²) >= 11 is 7.54. The zero-order chi connectivity index (χ0) is 17.6. The van der Waals surface area contributed by atoms with E-state index in [-0.39, 0.29) is 11.7 Å². The molecule has 1 aliphatic heterocycles. The Morgan fingerprint density at radius 1 is 1.00 bits per heavy atom. The van der Waals surface area contributed by atoms with Crippen molar-refractivity contribution in [3.05, 3.63) is 59.4 Å². The number of anilines is 1. The van der Waals surface area contributed by atoms with E-state index in [1.807, 2.05) is 29.2 Å². The van der Waals surface area contributed by atoms with Crippen molar-refractivity contribution < 1.29 is 9.18 Å². The van der Waals surface area contributed by atoms with E-state index < -0.39 is 0 Å². The Kier molecular flexibility index (Phi) is 6.21. The topological polar surface area (TPSA) is 23.6 Å². The summed E-state index contributed by atoms with van der Waals surface area (Å²) in [4.78, 5) is 17.6. The van der Waals surface area contributed by atoms with Crippen LogP contribution in [0.25, 0.3) is 0 Å². The van der Waals surface area contributed by atoms with Crippen LogP contribution < -0.4 is 4.90 Å².